The fraction of sp³-hybridized carbons (Fsp3) is 0.115. The van der Waals surface area contributed by atoms with Crippen LogP contribution in [0.2, 0.25) is 5.02 Å². The molecule has 1 unspecified atom stereocenters. The number of halogens is 2. The fourth-order valence-corrected chi connectivity index (χ4v) is 5.28. The predicted molar refractivity (Wildman–Crippen MR) is 141 cm³/mol. The summed E-state index contributed by atoms with van der Waals surface area (Å²) < 4.78 is 0.870. The third-order valence-corrected chi connectivity index (χ3v) is 7.42. The van der Waals surface area contributed by atoms with Crippen molar-refractivity contribution >= 4 is 62.5 Å². The van der Waals surface area contributed by atoms with E-state index in [1.807, 2.05) is 55.5 Å². The Bertz CT molecular complexity index is 1320. The predicted octanol–water partition coefficient (Wildman–Crippen LogP) is 6.48. The van der Waals surface area contributed by atoms with Crippen molar-refractivity contribution < 1.29 is 9.59 Å². The topological polar surface area (TPSA) is 73.2 Å². The lowest BCUT2D eigenvalue weighted by atomic mass is 10.1. The first-order valence-electron chi connectivity index (χ1n) is 10.4. The van der Waals surface area contributed by atoms with Gasteiger partial charge in [-0.05, 0) is 61.4 Å². The van der Waals surface area contributed by atoms with Crippen molar-refractivity contribution in [3.63, 3.8) is 0 Å². The van der Waals surface area contributed by atoms with Crippen LogP contribution in [0.15, 0.2) is 87.9 Å². The Kier molecular flexibility index (Phi) is 7.42. The molecule has 3 aromatic carbocycles. The lowest BCUT2D eigenvalue weighted by Crippen LogP contribution is -2.31. The fourth-order valence-electron chi connectivity index (χ4n) is 3.51. The van der Waals surface area contributed by atoms with Crippen LogP contribution < -0.4 is 10.2 Å². The maximum atomic E-state index is 13.5. The molecule has 1 N–H and O–H groups in total. The van der Waals surface area contributed by atoms with E-state index in [-0.39, 0.29) is 11.5 Å². The molecule has 34 heavy (non-hydrogen) atoms. The highest BCUT2D eigenvalue weighted by Gasteiger charge is 2.41. The summed E-state index contributed by atoms with van der Waals surface area (Å²) in [5.41, 5.74) is 2.89. The molecule has 0 saturated carbocycles. The zero-order valence-corrected chi connectivity index (χ0v) is 21.2. The van der Waals surface area contributed by atoms with Gasteiger partial charge in [0.15, 0.2) is 0 Å². The third-order valence-electron chi connectivity index (χ3n) is 5.26. The van der Waals surface area contributed by atoms with Crippen LogP contribution in [0.3, 0.4) is 0 Å². The summed E-state index contributed by atoms with van der Waals surface area (Å²) in [6, 6.07) is 23.8. The maximum absolute atomic E-state index is 13.5. The highest BCUT2D eigenvalue weighted by Crippen LogP contribution is 2.42. The van der Waals surface area contributed by atoms with Gasteiger partial charge in [0.2, 0.25) is 5.91 Å². The monoisotopic (exact) mass is 551 g/mol. The minimum Gasteiger partial charge on any atom is -0.321 e. The summed E-state index contributed by atoms with van der Waals surface area (Å²) in [5, 5.41) is 13.1. The average molecular weight is 553 g/mol. The van der Waals surface area contributed by atoms with Gasteiger partial charge in [0.05, 0.1) is 5.25 Å². The van der Waals surface area contributed by atoms with E-state index in [2.05, 4.69) is 21.2 Å². The van der Waals surface area contributed by atoms with Crippen molar-refractivity contribution in [1.29, 1.82) is 5.26 Å². The summed E-state index contributed by atoms with van der Waals surface area (Å²) in [6.45, 7) is 1.95. The molecule has 0 aromatic heterocycles. The van der Waals surface area contributed by atoms with E-state index in [1.165, 1.54) is 16.7 Å². The quantitative estimate of drug-likeness (QED) is 0.291. The Balaban J connectivity index is 1.73. The molecular weight excluding hydrogens is 534 g/mol. The molecule has 1 saturated heterocycles. The number of amides is 2. The van der Waals surface area contributed by atoms with Crippen LogP contribution in [0.4, 0.5) is 11.4 Å². The van der Waals surface area contributed by atoms with Gasteiger partial charge in [-0.15, -0.1) is 0 Å². The van der Waals surface area contributed by atoms with E-state index in [0.29, 0.717) is 27.8 Å². The second-order valence-corrected chi connectivity index (χ2v) is 10.2. The van der Waals surface area contributed by atoms with Crippen LogP contribution in [0.5, 0.6) is 0 Å². The van der Waals surface area contributed by atoms with Gasteiger partial charge in [0.1, 0.15) is 16.7 Å². The third kappa shape index (κ3) is 5.20. The molecule has 1 aliphatic heterocycles. The SMILES string of the molecule is Cc1ccc(N2C(=O)C(Cc3ccccc3Cl)SC2=C(C#N)C(=O)Nc2ccc(Br)cc2)cc1. The van der Waals surface area contributed by atoms with E-state index in [4.69, 9.17) is 11.6 Å². The average Bonchev–Trinajstić information content (AvgIpc) is 3.13. The van der Waals surface area contributed by atoms with Crippen molar-refractivity contribution in [1.82, 2.24) is 0 Å². The summed E-state index contributed by atoms with van der Waals surface area (Å²) in [5.74, 6) is -0.774. The molecule has 170 valence electrons. The number of rotatable bonds is 5. The molecule has 0 bridgehead atoms. The first kappa shape index (κ1) is 24.1. The van der Waals surface area contributed by atoms with Crippen LogP contribution in [0.1, 0.15) is 11.1 Å². The molecule has 1 atom stereocenters. The van der Waals surface area contributed by atoms with Crippen molar-refractivity contribution in [2.45, 2.75) is 18.6 Å². The Morgan fingerprint density at radius 2 is 1.79 bits per heavy atom. The molecule has 0 radical (unpaired) electrons. The van der Waals surface area contributed by atoms with Gasteiger partial charge in [-0.3, -0.25) is 14.5 Å². The van der Waals surface area contributed by atoms with E-state index in [1.54, 1.807) is 30.3 Å². The molecule has 5 nitrogen and oxygen atoms in total. The summed E-state index contributed by atoms with van der Waals surface area (Å²) in [4.78, 5) is 28.1. The molecule has 1 aliphatic rings. The zero-order chi connectivity index (χ0) is 24.2. The van der Waals surface area contributed by atoms with E-state index < -0.39 is 11.2 Å². The van der Waals surface area contributed by atoms with Crippen LogP contribution >= 0.6 is 39.3 Å². The van der Waals surface area contributed by atoms with Gasteiger partial charge in [0.25, 0.3) is 5.91 Å². The Hall–Kier alpha value is -3.05. The van der Waals surface area contributed by atoms with Crippen molar-refractivity contribution in [2.75, 3.05) is 10.2 Å². The molecule has 1 heterocycles. The smallest absolute Gasteiger partial charge is 0.269 e. The minimum absolute atomic E-state index is 0.122. The van der Waals surface area contributed by atoms with Crippen molar-refractivity contribution in [2.24, 2.45) is 0 Å². The number of carbonyl (C=O) groups excluding carboxylic acids is 2. The molecule has 3 aromatic rings. The van der Waals surface area contributed by atoms with Crippen LogP contribution in [0.25, 0.3) is 0 Å². The second kappa shape index (κ2) is 10.5. The number of thioether (sulfide) groups is 1. The highest BCUT2D eigenvalue weighted by atomic mass is 79.9. The van der Waals surface area contributed by atoms with E-state index >= 15 is 0 Å². The number of nitrogens with zero attached hydrogens (tertiary/aromatic N) is 2. The molecule has 0 aliphatic carbocycles. The minimum atomic E-state index is -0.573. The zero-order valence-electron chi connectivity index (χ0n) is 18.1. The van der Waals surface area contributed by atoms with Gasteiger partial charge in [-0.1, -0.05) is 75.2 Å². The van der Waals surface area contributed by atoms with Gasteiger partial charge >= 0.3 is 0 Å². The van der Waals surface area contributed by atoms with Gasteiger partial charge in [0, 0.05) is 20.9 Å². The Morgan fingerprint density at radius 3 is 2.44 bits per heavy atom. The van der Waals surface area contributed by atoms with Crippen LogP contribution in [-0.4, -0.2) is 17.1 Å². The number of nitrogens with one attached hydrogen (secondary N) is 1. The number of aryl methyl sites for hydroxylation is 1. The number of nitriles is 1. The van der Waals surface area contributed by atoms with Gasteiger partial charge in [-0.2, -0.15) is 5.26 Å². The highest BCUT2D eigenvalue weighted by molar-refractivity contribution is 9.10. The lowest BCUT2D eigenvalue weighted by Gasteiger charge is -2.19. The number of carbonyl (C=O) groups is 2. The molecule has 8 heteroatoms. The molecule has 0 spiro atoms. The molecule has 1 fully saturated rings. The number of benzene rings is 3. The molecule has 2 amide bonds. The second-order valence-electron chi connectivity index (χ2n) is 7.66. The Morgan fingerprint density at radius 1 is 1.12 bits per heavy atom. The number of hydrogen-bond acceptors (Lipinski definition) is 4. The normalized spacial score (nSPS) is 16.8. The van der Waals surface area contributed by atoms with Gasteiger partial charge < -0.3 is 5.32 Å². The van der Waals surface area contributed by atoms with Gasteiger partial charge in [-0.25, -0.2) is 0 Å². The largest absolute Gasteiger partial charge is 0.321 e. The summed E-state index contributed by atoms with van der Waals surface area (Å²) in [7, 11) is 0. The first-order chi connectivity index (χ1) is 16.4. The van der Waals surface area contributed by atoms with E-state index in [9.17, 15) is 14.9 Å². The first-order valence-corrected chi connectivity index (χ1v) is 12.4. The van der Waals surface area contributed by atoms with Crippen molar-refractivity contribution in [3.8, 4) is 6.07 Å². The number of anilines is 2. The standard InChI is InChI=1S/C26H19BrClN3O2S/c1-16-6-12-20(13-7-16)31-25(33)23(14-17-4-2-3-5-22(17)28)34-26(31)21(15-29)24(32)30-19-10-8-18(27)9-11-19/h2-13,23H,14H2,1H3,(H,30,32). The van der Waals surface area contributed by atoms with Crippen molar-refractivity contribution in [3.05, 3.63) is 104 Å². The number of hydrogen-bond donors (Lipinski definition) is 1. The summed E-state index contributed by atoms with van der Waals surface area (Å²) in [6.07, 6.45) is 0.377. The Labute approximate surface area is 215 Å². The summed E-state index contributed by atoms with van der Waals surface area (Å²) >= 11 is 10.9. The van der Waals surface area contributed by atoms with E-state index in [0.717, 1.165) is 15.6 Å². The molecule has 4 rings (SSSR count). The molecular formula is C26H19BrClN3O2S. The maximum Gasteiger partial charge on any atom is 0.269 e. The lowest BCUT2D eigenvalue weighted by molar-refractivity contribution is -0.117. The van der Waals surface area contributed by atoms with Crippen LogP contribution in [-0.2, 0) is 16.0 Å². The van der Waals surface area contributed by atoms with Crippen LogP contribution in [0, 0.1) is 18.3 Å².